The molecule has 164 valence electrons. The Bertz CT molecular complexity index is 1470. The van der Waals surface area contributed by atoms with Crippen molar-refractivity contribution in [1.82, 2.24) is 0 Å². The standard InChI is InChI=1S/C22H15BrF2N2O3S2/c1-32(29,30)27-16-3-5-20-13(8-16)9-21(31-20)22(28)26-17-7-12(6-14(23)10-17)18-4-2-15(24)11-19(18)25/h2-11,27H,1H3,(H,26,28). The summed E-state index contributed by atoms with van der Waals surface area (Å²) in [5, 5.41) is 3.51. The lowest BCUT2D eigenvalue weighted by Gasteiger charge is -2.09. The van der Waals surface area contributed by atoms with Gasteiger partial charge in [0.05, 0.1) is 11.1 Å². The zero-order chi connectivity index (χ0) is 23.0. The van der Waals surface area contributed by atoms with Crippen LogP contribution in [-0.4, -0.2) is 20.6 Å². The van der Waals surface area contributed by atoms with Gasteiger partial charge < -0.3 is 5.32 Å². The van der Waals surface area contributed by atoms with Crippen LogP contribution in [0.5, 0.6) is 0 Å². The minimum atomic E-state index is -3.41. The van der Waals surface area contributed by atoms with Crippen molar-refractivity contribution in [2.75, 3.05) is 16.3 Å². The summed E-state index contributed by atoms with van der Waals surface area (Å²) in [4.78, 5) is 13.2. The molecule has 10 heteroatoms. The van der Waals surface area contributed by atoms with Crippen molar-refractivity contribution in [3.63, 3.8) is 0 Å². The quantitative estimate of drug-likeness (QED) is 0.317. The number of hydrogen-bond donors (Lipinski definition) is 2. The summed E-state index contributed by atoms with van der Waals surface area (Å²) in [7, 11) is -3.41. The van der Waals surface area contributed by atoms with E-state index in [0.29, 0.717) is 26.3 Å². The van der Waals surface area contributed by atoms with E-state index < -0.39 is 21.7 Å². The van der Waals surface area contributed by atoms with Crippen LogP contribution < -0.4 is 10.0 Å². The van der Waals surface area contributed by atoms with Crippen LogP contribution in [0.15, 0.2) is 65.1 Å². The molecule has 4 aromatic rings. The molecule has 0 aliphatic rings. The highest BCUT2D eigenvalue weighted by Gasteiger charge is 2.14. The number of anilines is 2. The minimum absolute atomic E-state index is 0.205. The summed E-state index contributed by atoms with van der Waals surface area (Å²) in [6.07, 6.45) is 1.06. The maximum absolute atomic E-state index is 14.2. The van der Waals surface area contributed by atoms with Crippen molar-refractivity contribution in [2.24, 2.45) is 0 Å². The van der Waals surface area contributed by atoms with Gasteiger partial charge in [-0.3, -0.25) is 9.52 Å². The molecule has 0 radical (unpaired) electrons. The number of fused-ring (bicyclic) bond motifs is 1. The van der Waals surface area contributed by atoms with Crippen molar-refractivity contribution in [2.45, 2.75) is 0 Å². The number of hydrogen-bond acceptors (Lipinski definition) is 4. The second-order valence-corrected chi connectivity index (χ2v) is 10.8. The Morgan fingerprint density at radius 2 is 1.75 bits per heavy atom. The third-order valence-electron chi connectivity index (χ3n) is 4.44. The van der Waals surface area contributed by atoms with E-state index in [1.165, 1.54) is 23.5 Å². The highest BCUT2D eigenvalue weighted by molar-refractivity contribution is 9.10. The lowest BCUT2D eigenvalue weighted by Crippen LogP contribution is -2.10. The fraction of sp³-hybridized carbons (Fsp3) is 0.0455. The Morgan fingerprint density at radius 1 is 0.969 bits per heavy atom. The molecule has 1 heterocycles. The van der Waals surface area contributed by atoms with E-state index >= 15 is 0 Å². The number of carbonyl (C=O) groups is 1. The Morgan fingerprint density at radius 3 is 2.47 bits per heavy atom. The van der Waals surface area contributed by atoms with Gasteiger partial charge in [0, 0.05) is 32.2 Å². The van der Waals surface area contributed by atoms with Crippen LogP contribution in [0.25, 0.3) is 21.2 Å². The monoisotopic (exact) mass is 536 g/mol. The zero-order valence-electron chi connectivity index (χ0n) is 16.4. The van der Waals surface area contributed by atoms with Gasteiger partial charge in [-0.15, -0.1) is 11.3 Å². The molecule has 0 saturated carbocycles. The lowest BCUT2D eigenvalue weighted by molar-refractivity contribution is 0.103. The molecule has 2 N–H and O–H groups in total. The Labute approximate surface area is 195 Å². The molecule has 5 nitrogen and oxygen atoms in total. The summed E-state index contributed by atoms with van der Waals surface area (Å²) >= 11 is 4.61. The first kappa shape index (κ1) is 22.4. The van der Waals surface area contributed by atoms with E-state index in [4.69, 9.17) is 0 Å². The molecular formula is C22H15BrF2N2O3S2. The molecule has 0 atom stereocenters. The average Bonchev–Trinajstić information content (AvgIpc) is 3.09. The molecule has 0 spiro atoms. The van der Waals surface area contributed by atoms with Gasteiger partial charge in [0.15, 0.2) is 0 Å². The molecule has 0 saturated heterocycles. The van der Waals surface area contributed by atoms with Crippen LogP contribution in [0, 0.1) is 11.6 Å². The average molecular weight is 537 g/mol. The topological polar surface area (TPSA) is 75.3 Å². The smallest absolute Gasteiger partial charge is 0.265 e. The van der Waals surface area contributed by atoms with E-state index in [2.05, 4.69) is 26.0 Å². The number of nitrogens with one attached hydrogen (secondary N) is 2. The summed E-state index contributed by atoms with van der Waals surface area (Å²) in [6, 6.07) is 14.9. The number of thiophene rings is 1. The van der Waals surface area contributed by atoms with E-state index in [0.717, 1.165) is 22.4 Å². The highest BCUT2D eigenvalue weighted by Crippen LogP contribution is 2.32. The van der Waals surface area contributed by atoms with Crippen molar-refractivity contribution >= 4 is 64.7 Å². The zero-order valence-corrected chi connectivity index (χ0v) is 19.7. The predicted octanol–water partition coefficient (Wildman–Crippen LogP) is 6.23. The molecule has 0 fully saturated rings. The first-order chi connectivity index (χ1) is 15.1. The maximum atomic E-state index is 14.2. The van der Waals surface area contributed by atoms with Gasteiger partial charge >= 0.3 is 0 Å². The van der Waals surface area contributed by atoms with Gasteiger partial charge in [-0.05, 0) is 65.5 Å². The number of rotatable bonds is 5. The fourth-order valence-electron chi connectivity index (χ4n) is 3.17. The fourth-order valence-corrected chi connectivity index (χ4v) is 5.15. The molecule has 1 amide bonds. The van der Waals surface area contributed by atoms with Gasteiger partial charge in [0.25, 0.3) is 5.91 Å². The lowest BCUT2D eigenvalue weighted by atomic mass is 10.0. The van der Waals surface area contributed by atoms with Crippen LogP contribution >= 0.6 is 27.3 Å². The SMILES string of the molecule is CS(=O)(=O)Nc1ccc2sc(C(=O)Nc3cc(Br)cc(-c4ccc(F)cc4F)c3)cc2c1. The van der Waals surface area contributed by atoms with Crippen LogP contribution in [0.1, 0.15) is 9.67 Å². The summed E-state index contributed by atoms with van der Waals surface area (Å²) < 4.78 is 54.1. The number of sulfonamides is 1. The van der Waals surface area contributed by atoms with E-state index in [1.807, 2.05) is 0 Å². The van der Waals surface area contributed by atoms with Crippen LogP contribution in [0.2, 0.25) is 0 Å². The van der Waals surface area contributed by atoms with Crippen LogP contribution in [-0.2, 0) is 10.0 Å². The molecule has 3 aromatic carbocycles. The molecule has 1 aromatic heterocycles. The molecule has 0 bridgehead atoms. The second kappa shape index (κ2) is 8.61. The molecule has 0 aliphatic heterocycles. The summed E-state index contributed by atoms with van der Waals surface area (Å²) in [6.45, 7) is 0. The highest BCUT2D eigenvalue weighted by atomic mass is 79.9. The Hall–Kier alpha value is -2.82. The maximum Gasteiger partial charge on any atom is 0.265 e. The van der Waals surface area contributed by atoms with E-state index in [1.54, 1.807) is 42.5 Å². The normalized spacial score (nSPS) is 11.5. The number of halogens is 3. The molecule has 32 heavy (non-hydrogen) atoms. The van der Waals surface area contributed by atoms with Crippen molar-refractivity contribution < 1.29 is 22.0 Å². The largest absolute Gasteiger partial charge is 0.321 e. The summed E-state index contributed by atoms with van der Waals surface area (Å²) in [5.41, 5.74) is 1.51. The Kier molecular flexibility index (Phi) is 6.02. The van der Waals surface area contributed by atoms with Crippen LogP contribution in [0.3, 0.4) is 0 Å². The third-order valence-corrected chi connectivity index (χ3v) is 6.62. The summed E-state index contributed by atoms with van der Waals surface area (Å²) in [5.74, 6) is -1.75. The van der Waals surface area contributed by atoms with E-state index in [9.17, 15) is 22.0 Å². The van der Waals surface area contributed by atoms with Crippen molar-refractivity contribution in [3.05, 3.63) is 81.6 Å². The number of amides is 1. The first-order valence-corrected chi connectivity index (χ1v) is 12.7. The van der Waals surface area contributed by atoms with Gasteiger partial charge in [-0.2, -0.15) is 0 Å². The molecule has 4 rings (SSSR count). The number of benzene rings is 3. The van der Waals surface area contributed by atoms with Gasteiger partial charge in [0.1, 0.15) is 11.6 Å². The second-order valence-electron chi connectivity index (χ2n) is 7.04. The predicted molar refractivity (Wildman–Crippen MR) is 128 cm³/mol. The number of carbonyl (C=O) groups excluding carboxylic acids is 1. The third kappa shape index (κ3) is 5.14. The van der Waals surface area contributed by atoms with Gasteiger partial charge in [0.2, 0.25) is 10.0 Å². The first-order valence-electron chi connectivity index (χ1n) is 9.16. The van der Waals surface area contributed by atoms with Gasteiger partial charge in [-0.25, -0.2) is 17.2 Å². The van der Waals surface area contributed by atoms with E-state index in [-0.39, 0.29) is 11.5 Å². The van der Waals surface area contributed by atoms with Gasteiger partial charge in [-0.1, -0.05) is 15.9 Å². The Balaban J connectivity index is 1.61. The van der Waals surface area contributed by atoms with Crippen molar-refractivity contribution in [3.8, 4) is 11.1 Å². The van der Waals surface area contributed by atoms with Crippen LogP contribution in [0.4, 0.5) is 20.2 Å². The molecule has 0 aliphatic carbocycles. The molecular weight excluding hydrogens is 522 g/mol. The molecule has 0 unspecified atom stereocenters. The van der Waals surface area contributed by atoms with Crippen molar-refractivity contribution in [1.29, 1.82) is 0 Å². The minimum Gasteiger partial charge on any atom is -0.321 e.